The molecule has 0 aromatic carbocycles. The molecule has 3 nitrogen and oxygen atoms in total. The summed E-state index contributed by atoms with van der Waals surface area (Å²) in [7, 11) is 0. The molecular weight excluding hydrogens is 204 g/mol. The second kappa shape index (κ2) is 7.42. The van der Waals surface area contributed by atoms with Gasteiger partial charge in [-0.3, -0.25) is 9.59 Å². The van der Waals surface area contributed by atoms with Crippen molar-refractivity contribution in [2.75, 3.05) is 6.61 Å². The fourth-order valence-corrected chi connectivity index (χ4v) is 2.29. The summed E-state index contributed by atoms with van der Waals surface area (Å²) in [5.41, 5.74) is 0. The molecule has 1 fully saturated rings. The highest BCUT2D eigenvalue weighted by atomic mass is 16.5. The summed E-state index contributed by atoms with van der Waals surface area (Å²) in [6, 6.07) is 0. The van der Waals surface area contributed by atoms with Crippen molar-refractivity contribution >= 4 is 11.8 Å². The summed E-state index contributed by atoms with van der Waals surface area (Å²) in [5.74, 6) is 0.865. The standard InChI is InChI=1S/C13H22O3/c1-11(14)16-9-4-2-3-6-12-7-5-8-13(15)10-12/h12H,2-10H2,1H3. The van der Waals surface area contributed by atoms with Crippen LogP contribution in [0.25, 0.3) is 0 Å². The van der Waals surface area contributed by atoms with Gasteiger partial charge in [-0.1, -0.05) is 19.3 Å². The molecule has 1 aliphatic rings. The van der Waals surface area contributed by atoms with E-state index in [4.69, 9.17) is 4.74 Å². The number of hydrogen-bond acceptors (Lipinski definition) is 3. The Morgan fingerprint density at radius 1 is 1.38 bits per heavy atom. The molecule has 0 saturated heterocycles. The average Bonchev–Trinajstić information content (AvgIpc) is 2.23. The Morgan fingerprint density at radius 2 is 2.19 bits per heavy atom. The lowest BCUT2D eigenvalue weighted by atomic mass is 9.85. The molecule has 0 aromatic heterocycles. The molecule has 0 bridgehead atoms. The first-order valence-electron chi connectivity index (χ1n) is 6.33. The number of ketones is 1. The van der Waals surface area contributed by atoms with Crippen LogP contribution in [0.5, 0.6) is 0 Å². The molecule has 0 heterocycles. The minimum atomic E-state index is -0.196. The molecule has 0 radical (unpaired) electrons. The van der Waals surface area contributed by atoms with E-state index in [-0.39, 0.29) is 5.97 Å². The number of carbonyl (C=O) groups is 2. The normalized spacial score (nSPS) is 20.8. The van der Waals surface area contributed by atoms with Gasteiger partial charge < -0.3 is 4.74 Å². The number of esters is 1. The van der Waals surface area contributed by atoms with Gasteiger partial charge in [0.25, 0.3) is 0 Å². The Hall–Kier alpha value is -0.860. The largest absolute Gasteiger partial charge is 0.466 e. The van der Waals surface area contributed by atoms with E-state index < -0.39 is 0 Å². The molecule has 1 atom stereocenters. The molecule has 1 saturated carbocycles. The zero-order chi connectivity index (χ0) is 11.8. The number of carbonyl (C=O) groups excluding carboxylic acids is 2. The van der Waals surface area contributed by atoms with Crippen LogP contribution in [0.4, 0.5) is 0 Å². The maximum Gasteiger partial charge on any atom is 0.302 e. The third-order valence-electron chi connectivity index (χ3n) is 3.15. The second-order valence-corrected chi connectivity index (χ2v) is 4.69. The summed E-state index contributed by atoms with van der Waals surface area (Å²) in [6.45, 7) is 1.98. The third-order valence-corrected chi connectivity index (χ3v) is 3.15. The minimum Gasteiger partial charge on any atom is -0.466 e. The van der Waals surface area contributed by atoms with Crippen LogP contribution < -0.4 is 0 Å². The lowest BCUT2D eigenvalue weighted by Gasteiger charge is -2.20. The van der Waals surface area contributed by atoms with Gasteiger partial charge in [-0.05, 0) is 25.2 Å². The van der Waals surface area contributed by atoms with Crippen molar-refractivity contribution in [1.82, 2.24) is 0 Å². The van der Waals surface area contributed by atoms with Gasteiger partial charge in [0.05, 0.1) is 6.61 Å². The van der Waals surface area contributed by atoms with Crippen molar-refractivity contribution in [2.24, 2.45) is 5.92 Å². The van der Waals surface area contributed by atoms with E-state index in [1.807, 2.05) is 0 Å². The van der Waals surface area contributed by atoms with Gasteiger partial charge in [0.1, 0.15) is 5.78 Å². The maximum atomic E-state index is 11.2. The number of unbranched alkanes of at least 4 members (excludes halogenated alkanes) is 2. The number of ether oxygens (including phenoxy) is 1. The number of rotatable bonds is 6. The van der Waals surface area contributed by atoms with Gasteiger partial charge >= 0.3 is 5.97 Å². The predicted molar refractivity (Wildman–Crippen MR) is 62.1 cm³/mol. The van der Waals surface area contributed by atoms with Crippen molar-refractivity contribution in [3.05, 3.63) is 0 Å². The summed E-state index contributed by atoms with van der Waals surface area (Å²) in [6.07, 6.45) is 8.24. The molecular formula is C13H22O3. The van der Waals surface area contributed by atoms with Crippen LogP contribution in [-0.4, -0.2) is 18.4 Å². The number of hydrogen-bond donors (Lipinski definition) is 0. The van der Waals surface area contributed by atoms with Crippen LogP contribution in [-0.2, 0) is 14.3 Å². The average molecular weight is 226 g/mol. The van der Waals surface area contributed by atoms with E-state index in [2.05, 4.69) is 0 Å². The first kappa shape index (κ1) is 13.2. The van der Waals surface area contributed by atoms with E-state index >= 15 is 0 Å². The molecule has 0 amide bonds. The van der Waals surface area contributed by atoms with Gasteiger partial charge in [0, 0.05) is 19.8 Å². The molecule has 16 heavy (non-hydrogen) atoms. The summed E-state index contributed by atoms with van der Waals surface area (Å²) in [5, 5.41) is 0. The topological polar surface area (TPSA) is 43.4 Å². The fourth-order valence-electron chi connectivity index (χ4n) is 2.29. The zero-order valence-corrected chi connectivity index (χ0v) is 10.2. The summed E-state index contributed by atoms with van der Waals surface area (Å²) >= 11 is 0. The van der Waals surface area contributed by atoms with E-state index in [9.17, 15) is 9.59 Å². The highest BCUT2D eigenvalue weighted by Gasteiger charge is 2.18. The molecule has 1 rings (SSSR count). The molecule has 1 unspecified atom stereocenters. The van der Waals surface area contributed by atoms with E-state index in [1.165, 1.54) is 13.3 Å². The van der Waals surface area contributed by atoms with E-state index in [0.29, 0.717) is 18.3 Å². The van der Waals surface area contributed by atoms with Gasteiger partial charge in [-0.15, -0.1) is 0 Å². The van der Waals surface area contributed by atoms with Crippen molar-refractivity contribution in [2.45, 2.75) is 58.3 Å². The lowest BCUT2D eigenvalue weighted by molar-refractivity contribution is -0.141. The Kier molecular flexibility index (Phi) is 6.12. The molecule has 92 valence electrons. The molecule has 1 aliphatic carbocycles. The van der Waals surface area contributed by atoms with Crippen molar-refractivity contribution in [3.63, 3.8) is 0 Å². The number of Topliss-reactive ketones (excluding diaryl/α,β-unsaturated/α-hetero) is 1. The fraction of sp³-hybridized carbons (Fsp3) is 0.846. The van der Waals surface area contributed by atoms with Gasteiger partial charge in [0.15, 0.2) is 0 Å². The van der Waals surface area contributed by atoms with Gasteiger partial charge in [-0.25, -0.2) is 0 Å². The van der Waals surface area contributed by atoms with Gasteiger partial charge in [-0.2, -0.15) is 0 Å². The molecule has 3 heteroatoms. The van der Waals surface area contributed by atoms with Crippen LogP contribution in [0.1, 0.15) is 58.3 Å². The highest BCUT2D eigenvalue weighted by molar-refractivity contribution is 5.79. The first-order chi connectivity index (χ1) is 7.68. The van der Waals surface area contributed by atoms with Crippen LogP contribution in [0.2, 0.25) is 0 Å². The smallest absolute Gasteiger partial charge is 0.302 e. The minimum absolute atomic E-state index is 0.196. The van der Waals surface area contributed by atoms with Crippen molar-refractivity contribution in [3.8, 4) is 0 Å². The molecule has 0 aromatic rings. The Labute approximate surface area is 97.5 Å². The van der Waals surface area contributed by atoms with E-state index in [1.54, 1.807) is 0 Å². The monoisotopic (exact) mass is 226 g/mol. The predicted octanol–water partition coefficient (Wildman–Crippen LogP) is 2.87. The molecule has 0 aliphatic heterocycles. The molecule has 0 N–H and O–H groups in total. The van der Waals surface area contributed by atoms with Crippen LogP contribution in [0.3, 0.4) is 0 Å². The van der Waals surface area contributed by atoms with E-state index in [0.717, 1.165) is 44.9 Å². The SMILES string of the molecule is CC(=O)OCCCCCC1CCCC(=O)C1. The highest BCUT2D eigenvalue weighted by Crippen LogP contribution is 2.25. The Balaban J connectivity index is 1.94. The Bertz CT molecular complexity index is 235. The van der Waals surface area contributed by atoms with Crippen molar-refractivity contribution in [1.29, 1.82) is 0 Å². The molecule has 0 spiro atoms. The lowest BCUT2D eigenvalue weighted by Crippen LogP contribution is -2.14. The Morgan fingerprint density at radius 3 is 2.88 bits per heavy atom. The van der Waals surface area contributed by atoms with Crippen LogP contribution in [0.15, 0.2) is 0 Å². The quantitative estimate of drug-likeness (QED) is 0.516. The van der Waals surface area contributed by atoms with Crippen LogP contribution in [0, 0.1) is 5.92 Å². The maximum absolute atomic E-state index is 11.2. The summed E-state index contributed by atoms with van der Waals surface area (Å²) < 4.78 is 4.86. The zero-order valence-electron chi connectivity index (χ0n) is 10.2. The first-order valence-corrected chi connectivity index (χ1v) is 6.33. The second-order valence-electron chi connectivity index (χ2n) is 4.69. The van der Waals surface area contributed by atoms with Crippen molar-refractivity contribution < 1.29 is 14.3 Å². The summed E-state index contributed by atoms with van der Waals surface area (Å²) in [4.78, 5) is 21.7. The third kappa shape index (κ3) is 5.89. The van der Waals surface area contributed by atoms with Gasteiger partial charge in [0.2, 0.25) is 0 Å². The van der Waals surface area contributed by atoms with Crippen LogP contribution >= 0.6 is 0 Å².